The Morgan fingerprint density at radius 3 is 2.70 bits per heavy atom. The molecule has 0 saturated carbocycles. The molecule has 0 aliphatic carbocycles. The van der Waals surface area contributed by atoms with Crippen molar-refractivity contribution in [2.24, 2.45) is 0 Å². The van der Waals surface area contributed by atoms with E-state index in [9.17, 15) is 9.59 Å². The van der Waals surface area contributed by atoms with E-state index in [-0.39, 0.29) is 30.8 Å². The fourth-order valence-corrected chi connectivity index (χ4v) is 2.23. The molecule has 1 amide bonds. The summed E-state index contributed by atoms with van der Waals surface area (Å²) in [6.45, 7) is 0.485. The molecule has 1 fully saturated rings. The number of carboxylic acid groups (broad SMARTS) is 1. The van der Waals surface area contributed by atoms with Gasteiger partial charge in [0.2, 0.25) is 0 Å². The van der Waals surface area contributed by atoms with E-state index < -0.39 is 12.1 Å². The van der Waals surface area contributed by atoms with Gasteiger partial charge >= 0.3 is 5.97 Å². The van der Waals surface area contributed by atoms with Gasteiger partial charge in [-0.15, -0.1) is 0 Å². The first-order chi connectivity index (χ1) is 11.1. The third-order valence-electron chi connectivity index (χ3n) is 3.38. The maximum atomic E-state index is 12.4. The molecule has 0 spiro atoms. The van der Waals surface area contributed by atoms with E-state index in [4.69, 9.17) is 19.0 Å². The summed E-state index contributed by atoms with van der Waals surface area (Å²) in [5.41, 5.74) is 0. The zero-order chi connectivity index (χ0) is 16.2. The van der Waals surface area contributed by atoms with Crippen LogP contribution in [0, 0.1) is 0 Å². The molecule has 2 aromatic rings. The summed E-state index contributed by atoms with van der Waals surface area (Å²) >= 11 is 0. The maximum absolute atomic E-state index is 12.4. The van der Waals surface area contributed by atoms with Gasteiger partial charge in [-0.2, -0.15) is 0 Å². The van der Waals surface area contributed by atoms with Crippen molar-refractivity contribution in [2.45, 2.75) is 6.10 Å². The summed E-state index contributed by atoms with van der Waals surface area (Å²) in [5.74, 6) is -0.583. The molecular formula is C16H15NO6. The molecule has 1 saturated heterocycles. The van der Waals surface area contributed by atoms with Crippen LogP contribution in [0.4, 0.5) is 0 Å². The number of carbonyl (C=O) groups is 2. The molecule has 120 valence electrons. The highest BCUT2D eigenvalue weighted by molar-refractivity contribution is 5.92. The highest BCUT2D eigenvalue weighted by atomic mass is 16.6. The van der Waals surface area contributed by atoms with Crippen LogP contribution in [0.2, 0.25) is 0 Å². The minimum absolute atomic E-state index is 0.0102. The summed E-state index contributed by atoms with van der Waals surface area (Å²) in [6, 6.07) is 12.1. The van der Waals surface area contributed by atoms with Crippen LogP contribution in [-0.2, 0) is 9.53 Å². The van der Waals surface area contributed by atoms with E-state index in [0.717, 1.165) is 0 Å². The predicted molar refractivity (Wildman–Crippen MR) is 78.5 cm³/mol. The minimum Gasteiger partial charge on any atom is -0.479 e. The van der Waals surface area contributed by atoms with Crippen LogP contribution < -0.4 is 4.74 Å². The van der Waals surface area contributed by atoms with Crippen LogP contribution in [0.3, 0.4) is 0 Å². The maximum Gasteiger partial charge on any atom is 0.334 e. The number of carbonyl (C=O) groups excluding carboxylic acids is 1. The second-order valence-corrected chi connectivity index (χ2v) is 4.98. The molecule has 0 bridgehead atoms. The largest absolute Gasteiger partial charge is 0.479 e. The van der Waals surface area contributed by atoms with Gasteiger partial charge in [-0.1, -0.05) is 18.2 Å². The van der Waals surface area contributed by atoms with Gasteiger partial charge in [0, 0.05) is 12.6 Å². The van der Waals surface area contributed by atoms with Crippen LogP contribution in [-0.4, -0.2) is 47.7 Å². The van der Waals surface area contributed by atoms with Crippen molar-refractivity contribution in [3.63, 3.8) is 0 Å². The molecule has 3 rings (SSSR count). The summed E-state index contributed by atoms with van der Waals surface area (Å²) in [7, 11) is 0. The number of furan rings is 1. The first-order valence-electron chi connectivity index (χ1n) is 7.10. The molecule has 1 aliphatic heterocycles. The number of benzene rings is 1. The normalized spacial score (nSPS) is 17.7. The fourth-order valence-electron chi connectivity index (χ4n) is 2.23. The Balaban J connectivity index is 1.67. The Bertz CT molecular complexity index is 696. The van der Waals surface area contributed by atoms with Crippen LogP contribution in [0.25, 0.3) is 0 Å². The third kappa shape index (κ3) is 3.51. The average molecular weight is 317 g/mol. The third-order valence-corrected chi connectivity index (χ3v) is 3.38. The molecule has 0 radical (unpaired) electrons. The number of amides is 1. The van der Waals surface area contributed by atoms with Gasteiger partial charge in [0.15, 0.2) is 11.9 Å². The second kappa shape index (κ2) is 6.53. The molecule has 2 heterocycles. The number of nitrogens with zero attached hydrogens (tertiary/aromatic N) is 1. The van der Waals surface area contributed by atoms with Gasteiger partial charge in [0.1, 0.15) is 5.75 Å². The Hall–Kier alpha value is -2.80. The molecule has 1 atom stereocenters. The van der Waals surface area contributed by atoms with Gasteiger partial charge in [0.25, 0.3) is 11.9 Å². The van der Waals surface area contributed by atoms with E-state index in [0.29, 0.717) is 12.3 Å². The molecule has 1 aromatic heterocycles. The van der Waals surface area contributed by atoms with Crippen LogP contribution in [0.15, 0.2) is 46.9 Å². The van der Waals surface area contributed by atoms with Gasteiger partial charge in [-0.05, 0) is 18.2 Å². The molecule has 7 nitrogen and oxygen atoms in total. The topological polar surface area (TPSA) is 89.2 Å². The average Bonchev–Trinajstić information content (AvgIpc) is 3.03. The molecule has 0 unspecified atom stereocenters. The number of hydrogen-bond acceptors (Lipinski definition) is 5. The molecule has 1 N–H and O–H groups in total. The van der Waals surface area contributed by atoms with Crippen LogP contribution in [0.1, 0.15) is 10.6 Å². The SMILES string of the molecule is O=C(O)[C@@H]1CN(C(=O)c2ccc(Oc3ccccc3)o2)CCO1. The van der Waals surface area contributed by atoms with Crippen molar-refractivity contribution >= 4 is 11.9 Å². The number of rotatable bonds is 4. The summed E-state index contributed by atoms with van der Waals surface area (Å²) < 4.78 is 16.0. The lowest BCUT2D eigenvalue weighted by atomic mass is 10.2. The van der Waals surface area contributed by atoms with Gasteiger partial charge < -0.3 is 23.9 Å². The fraction of sp³-hybridized carbons (Fsp3) is 0.250. The zero-order valence-electron chi connectivity index (χ0n) is 12.2. The van der Waals surface area contributed by atoms with Crippen molar-refractivity contribution in [1.29, 1.82) is 0 Å². The predicted octanol–water partition coefficient (Wildman–Crippen LogP) is 2.00. The lowest BCUT2D eigenvalue weighted by Gasteiger charge is -2.30. The summed E-state index contributed by atoms with van der Waals surface area (Å²) in [5, 5.41) is 8.97. The minimum atomic E-state index is -1.09. The zero-order valence-corrected chi connectivity index (χ0v) is 12.2. The van der Waals surface area contributed by atoms with Crippen molar-refractivity contribution in [2.75, 3.05) is 19.7 Å². The number of ether oxygens (including phenoxy) is 2. The van der Waals surface area contributed by atoms with Crippen LogP contribution in [0.5, 0.6) is 11.7 Å². The molecule has 1 aromatic carbocycles. The van der Waals surface area contributed by atoms with E-state index in [1.807, 2.05) is 18.2 Å². The lowest BCUT2D eigenvalue weighted by Crippen LogP contribution is -2.48. The summed E-state index contributed by atoms with van der Waals surface area (Å²) in [4.78, 5) is 24.7. The number of carboxylic acids is 1. The Kier molecular flexibility index (Phi) is 4.29. The van der Waals surface area contributed by atoms with Crippen LogP contribution >= 0.6 is 0 Å². The van der Waals surface area contributed by atoms with Gasteiger partial charge in [0.05, 0.1) is 13.2 Å². The molecule has 1 aliphatic rings. The highest BCUT2D eigenvalue weighted by Crippen LogP contribution is 2.24. The summed E-state index contributed by atoms with van der Waals surface area (Å²) in [6.07, 6.45) is -1.01. The van der Waals surface area contributed by atoms with E-state index >= 15 is 0 Å². The Morgan fingerprint density at radius 2 is 1.96 bits per heavy atom. The van der Waals surface area contributed by atoms with Crippen molar-refractivity contribution in [1.82, 2.24) is 4.90 Å². The number of morpholine rings is 1. The first-order valence-corrected chi connectivity index (χ1v) is 7.10. The lowest BCUT2D eigenvalue weighted by molar-refractivity contribution is -0.154. The number of aliphatic carboxylic acids is 1. The molecule has 23 heavy (non-hydrogen) atoms. The van der Waals surface area contributed by atoms with Gasteiger partial charge in [-0.3, -0.25) is 4.79 Å². The molecule has 7 heteroatoms. The van der Waals surface area contributed by atoms with E-state index in [1.54, 1.807) is 18.2 Å². The smallest absolute Gasteiger partial charge is 0.334 e. The van der Waals surface area contributed by atoms with Gasteiger partial charge in [-0.25, -0.2) is 4.79 Å². The van der Waals surface area contributed by atoms with Crippen molar-refractivity contribution in [3.05, 3.63) is 48.2 Å². The number of hydrogen-bond donors (Lipinski definition) is 1. The first kappa shape index (κ1) is 15.1. The highest BCUT2D eigenvalue weighted by Gasteiger charge is 2.30. The van der Waals surface area contributed by atoms with E-state index in [2.05, 4.69) is 0 Å². The monoisotopic (exact) mass is 317 g/mol. The van der Waals surface area contributed by atoms with Crippen molar-refractivity contribution in [3.8, 4) is 11.7 Å². The number of para-hydroxylation sites is 1. The Morgan fingerprint density at radius 1 is 1.17 bits per heavy atom. The molecular weight excluding hydrogens is 302 g/mol. The Labute approximate surface area is 132 Å². The quantitative estimate of drug-likeness (QED) is 0.927. The van der Waals surface area contributed by atoms with E-state index in [1.165, 1.54) is 11.0 Å². The second-order valence-electron chi connectivity index (χ2n) is 4.98. The standard InChI is InChI=1S/C16H15NO6/c18-15(17-8-9-21-13(10-17)16(19)20)12-6-7-14(23-12)22-11-4-2-1-3-5-11/h1-7,13H,8-10H2,(H,19,20)/t13-/m0/s1. The van der Waals surface area contributed by atoms with Crippen molar-refractivity contribution < 1.29 is 28.6 Å².